The Hall–Kier alpha value is -1.59. The van der Waals surface area contributed by atoms with Crippen LogP contribution in [0, 0.1) is 5.92 Å². The summed E-state index contributed by atoms with van der Waals surface area (Å²) < 4.78 is 10.6. The molecule has 0 aliphatic carbocycles. The molecule has 0 radical (unpaired) electrons. The first kappa shape index (κ1) is 19.5. The molecule has 0 saturated heterocycles. The molecule has 0 amide bonds. The molecular weight excluding hydrogens is 294 g/mol. The molecule has 5 nitrogen and oxygen atoms in total. The Morgan fingerprint density at radius 1 is 1.26 bits per heavy atom. The fraction of sp³-hybridized carbons (Fsp3) is 0.611. The van der Waals surface area contributed by atoms with Gasteiger partial charge in [0, 0.05) is 12.5 Å². The predicted molar refractivity (Wildman–Crippen MR) is 90.3 cm³/mol. The van der Waals surface area contributed by atoms with Crippen LogP contribution in [-0.4, -0.2) is 36.4 Å². The monoisotopic (exact) mass is 323 g/mol. The third kappa shape index (κ3) is 7.48. The summed E-state index contributed by atoms with van der Waals surface area (Å²) in [5, 5.41) is 9.92. The number of aliphatic hydroxyl groups is 1. The second-order valence-electron chi connectivity index (χ2n) is 6.06. The minimum atomic E-state index is -0.692. The van der Waals surface area contributed by atoms with E-state index in [2.05, 4.69) is 0 Å². The van der Waals surface area contributed by atoms with Gasteiger partial charge in [0.1, 0.15) is 18.5 Å². The van der Waals surface area contributed by atoms with Gasteiger partial charge in [-0.05, 0) is 36.5 Å². The number of hydrogen-bond donors (Lipinski definition) is 2. The van der Waals surface area contributed by atoms with E-state index in [-0.39, 0.29) is 24.5 Å². The summed E-state index contributed by atoms with van der Waals surface area (Å²) >= 11 is 0. The van der Waals surface area contributed by atoms with E-state index in [0.717, 1.165) is 12.0 Å². The Labute approximate surface area is 138 Å². The first-order valence-electron chi connectivity index (χ1n) is 8.25. The van der Waals surface area contributed by atoms with Crippen molar-refractivity contribution in [2.45, 2.75) is 52.2 Å². The van der Waals surface area contributed by atoms with Gasteiger partial charge < -0.3 is 20.3 Å². The third-order valence-electron chi connectivity index (χ3n) is 3.64. The summed E-state index contributed by atoms with van der Waals surface area (Å²) in [5.74, 6) is 0.707. The molecule has 3 N–H and O–H groups in total. The summed E-state index contributed by atoms with van der Waals surface area (Å²) in [7, 11) is 0. The van der Waals surface area contributed by atoms with Crippen molar-refractivity contribution < 1.29 is 19.4 Å². The van der Waals surface area contributed by atoms with Crippen LogP contribution in [0.2, 0.25) is 0 Å². The maximum absolute atomic E-state index is 11.5. The molecule has 1 rings (SSSR count). The number of nitrogens with two attached hydrogens (primary N) is 1. The molecule has 2 unspecified atom stereocenters. The highest BCUT2D eigenvalue weighted by Crippen LogP contribution is 2.15. The molecule has 5 heteroatoms. The van der Waals surface area contributed by atoms with Crippen molar-refractivity contribution in [2.75, 3.05) is 13.2 Å². The Morgan fingerprint density at radius 3 is 2.48 bits per heavy atom. The van der Waals surface area contributed by atoms with E-state index in [4.69, 9.17) is 15.2 Å². The number of aryl methyl sites for hydroxylation is 1. The number of ether oxygens (including phenoxy) is 2. The summed E-state index contributed by atoms with van der Waals surface area (Å²) in [5.41, 5.74) is 6.92. The van der Waals surface area contributed by atoms with Crippen LogP contribution in [0.5, 0.6) is 5.75 Å². The van der Waals surface area contributed by atoms with Gasteiger partial charge in [-0.25, -0.2) is 0 Å². The van der Waals surface area contributed by atoms with Gasteiger partial charge in [-0.3, -0.25) is 4.79 Å². The van der Waals surface area contributed by atoms with Crippen molar-refractivity contribution in [3.63, 3.8) is 0 Å². The van der Waals surface area contributed by atoms with Gasteiger partial charge in [-0.15, -0.1) is 0 Å². The highest BCUT2D eigenvalue weighted by atomic mass is 16.5. The molecule has 0 spiro atoms. The van der Waals surface area contributed by atoms with Crippen molar-refractivity contribution >= 4 is 5.97 Å². The van der Waals surface area contributed by atoms with E-state index in [1.807, 2.05) is 45.0 Å². The van der Waals surface area contributed by atoms with Crippen molar-refractivity contribution in [1.29, 1.82) is 0 Å². The molecule has 0 heterocycles. The van der Waals surface area contributed by atoms with Gasteiger partial charge in [-0.2, -0.15) is 0 Å². The summed E-state index contributed by atoms with van der Waals surface area (Å²) in [6.45, 7) is 6.55. The number of hydrogen-bond acceptors (Lipinski definition) is 5. The molecule has 2 atom stereocenters. The van der Waals surface area contributed by atoms with Crippen LogP contribution >= 0.6 is 0 Å². The number of carbonyl (C=O) groups is 1. The summed E-state index contributed by atoms with van der Waals surface area (Å²) in [6, 6.07) is 7.19. The average Bonchev–Trinajstić information content (AvgIpc) is 2.55. The van der Waals surface area contributed by atoms with Crippen LogP contribution in [-0.2, 0) is 16.0 Å². The zero-order chi connectivity index (χ0) is 17.2. The summed E-state index contributed by atoms with van der Waals surface area (Å²) in [4.78, 5) is 11.5. The number of aliphatic hydroxyl groups excluding tert-OH is 1. The molecule has 23 heavy (non-hydrogen) atoms. The first-order valence-corrected chi connectivity index (χ1v) is 8.25. The van der Waals surface area contributed by atoms with Crippen LogP contribution in [0.3, 0.4) is 0 Å². The van der Waals surface area contributed by atoms with Crippen molar-refractivity contribution in [2.24, 2.45) is 11.7 Å². The van der Waals surface area contributed by atoms with E-state index in [0.29, 0.717) is 25.2 Å². The first-order chi connectivity index (χ1) is 10.9. The molecule has 0 fully saturated rings. The lowest BCUT2D eigenvalue weighted by Crippen LogP contribution is -2.42. The van der Waals surface area contributed by atoms with Gasteiger partial charge in [0.15, 0.2) is 0 Å². The van der Waals surface area contributed by atoms with Crippen molar-refractivity contribution in [1.82, 2.24) is 0 Å². The minimum Gasteiger partial charge on any atom is -0.491 e. The lowest BCUT2D eigenvalue weighted by Gasteiger charge is -2.22. The second-order valence-corrected chi connectivity index (χ2v) is 6.06. The predicted octanol–water partition coefficient (Wildman–Crippen LogP) is 2.30. The zero-order valence-electron chi connectivity index (χ0n) is 14.3. The maximum Gasteiger partial charge on any atom is 0.306 e. The largest absolute Gasteiger partial charge is 0.491 e. The van der Waals surface area contributed by atoms with Gasteiger partial charge in [0.2, 0.25) is 0 Å². The van der Waals surface area contributed by atoms with Crippen LogP contribution in [0.4, 0.5) is 0 Å². The average molecular weight is 323 g/mol. The molecule has 0 aromatic heterocycles. The maximum atomic E-state index is 11.5. The molecule has 0 aliphatic rings. The zero-order valence-corrected chi connectivity index (χ0v) is 14.3. The highest BCUT2D eigenvalue weighted by molar-refractivity contribution is 5.69. The van der Waals surface area contributed by atoms with Crippen LogP contribution in [0.1, 0.15) is 39.2 Å². The topological polar surface area (TPSA) is 81.8 Å². The Bertz CT molecular complexity index is 459. The fourth-order valence-electron chi connectivity index (χ4n) is 2.02. The van der Waals surface area contributed by atoms with Crippen LogP contribution in [0.25, 0.3) is 0 Å². The van der Waals surface area contributed by atoms with Crippen LogP contribution < -0.4 is 10.5 Å². The molecule has 0 saturated carbocycles. The molecule has 130 valence electrons. The Morgan fingerprint density at radius 2 is 1.91 bits per heavy atom. The molecular formula is C18H29NO4. The molecule has 0 aliphatic heterocycles. The number of benzene rings is 1. The van der Waals surface area contributed by atoms with Gasteiger partial charge in [0.05, 0.1) is 6.61 Å². The van der Waals surface area contributed by atoms with E-state index in [9.17, 15) is 9.90 Å². The fourth-order valence-corrected chi connectivity index (χ4v) is 2.02. The number of carbonyl (C=O) groups excluding carboxylic acids is 1. The molecule has 1 aromatic rings. The van der Waals surface area contributed by atoms with E-state index in [1.54, 1.807) is 0 Å². The Kier molecular flexibility index (Phi) is 8.66. The van der Waals surface area contributed by atoms with Gasteiger partial charge in [0.25, 0.3) is 0 Å². The van der Waals surface area contributed by atoms with Gasteiger partial charge >= 0.3 is 5.97 Å². The summed E-state index contributed by atoms with van der Waals surface area (Å²) in [6.07, 6.45) is 1.17. The number of rotatable bonds is 10. The second kappa shape index (κ2) is 10.2. The van der Waals surface area contributed by atoms with Gasteiger partial charge in [-0.1, -0.05) is 32.9 Å². The number of esters is 1. The lowest BCUT2D eigenvalue weighted by molar-refractivity contribution is -0.143. The smallest absolute Gasteiger partial charge is 0.306 e. The lowest BCUT2D eigenvalue weighted by atomic mass is 10.0. The van der Waals surface area contributed by atoms with Crippen molar-refractivity contribution in [3.05, 3.63) is 29.8 Å². The normalized spacial score (nSPS) is 13.7. The molecule has 0 bridgehead atoms. The van der Waals surface area contributed by atoms with E-state index >= 15 is 0 Å². The Balaban J connectivity index is 2.37. The van der Waals surface area contributed by atoms with E-state index < -0.39 is 6.10 Å². The molecule has 1 aromatic carbocycles. The van der Waals surface area contributed by atoms with E-state index in [1.165, 1.54) is 0 Å². The van der Waals surface area contributed by atoms with Crippen LogP contribution in [0.15, 0.2) is 24.3 Å². The van der Waals surface area contributed by atoms with Crippen molar-refractivity contribution in [3.8, 4) is 5.75 Å². The standard InChI is InChI=1S/C18H29NO4/c1-4-11-22-17(21)10-7-14-5-8-15(9-6-14)23-12-16(20)18(19)13(2)3/h5-6,8-9,13,16,18,20H,4,7,10-12,19H2,1-3H3. The highest BCUT2D eigenvalue weighted by Gasteiger charge is 2.18. The quantitative estimate of drug-likeness (QED) is 0.646. The minimum absolute atomic E-state index is 0.169. The SMILES string of the molecule is CCCOC(=O)CCc1ccc(OCC(O)C(N)C(C)C)cc1. The third-order valence-corrected chi connectivity index (χ3v) is 3.64.